The smallest absolute Gasteiger partial charge is 0.152 e. The lowest BCUT2D eigenvalue weighted by molar-refractivity contribution is 0.256. The van der Waals surface area contributed by atoms with Crippen molar-refractivity contribution >= 4 is 27.5 Å². The molecule has 0 amide bonds. The van der Waals surface area contributed by atoms with Gasteiger partial charge in [-0.15, -0.1) is 5.53 Å². The molecule has 0 spiro atoms. The summed E-state index contributed by atoms with van der Waals surface area (Å²) in [4.78, 5) is 0. The van der Waals surface area contributed by atoms with Crippen LogP contribution in [-0.2, 0) is 6.54 Å². The Kier molecular flexibility index (Phi) is 2.96. The second kappa shape index (κ2) is 4.21. The van der Waals surface area contributed by atoms with Crippen molar-refractivity contribution in [1.82, 2.24) is 16.0 Å². The maximum absolute atomic E-state index is 6.01. The van der Waals surface area contributed by atoms with Crippen molar-refractivity contribution in [2.45, 2.75) is 6.54 Å². The Hall–Kier alpha value is -0.710. The highest BCUT2D eigenvalue weighted by Gasteiger charge is 2.17. The summed E-state index contributed by atoms with van der Waals surface area (Å²) in [5.74, 6) is 0. The van der Waals surface area contributed by atoms with E-state index < -0.39 is 0 Å². The molecule has 1 aliphatic rings. The average Bonchev–Trinajstić information content (AvgIpc) is 2.52. The summed E-state index contributed by atoms with van der Waals surface area (Å²) in [6.07, 6.45) is 0. The van der Waals surface area contributed by atoms with Crippen LogP contribution < -0.4 is 11.0 Å². The van der Waals surface area contributed by atoms with Gasteiger partial charge in [-0.2, -0.15) is 0 Å². The first kappa shape index (κ1) is 9.83. The number of rotatable bonds is 2. The number of hydrazine groups is 2. The molecule has 1 aromatic carbocycles. The zero-order valence-corrected chi connectivity index (χ0v) is 9.64. The maximum atomic E-state index is 6.01. The Morgan fingerprint density at radius 1 is 1.29 bits per heavy atom. The Balaban J connectivity index is 2.07. The van der Waals surface area contributed by atoms with Crippen LogP contribution in [0.5, 0.6) is 0 Å². The number of benzene rings is 1. The molecule has 0 aromatic heterocycles. The lowest BCUT2D eigenvalue weighted by Gasteiger charge is -2.16. The Bertz CT molecular complexity index is 352. The van der Waals surface area contributed by atoms with Crippen LogP contribution in [0.3, 0.4) is 0 Å². The molecule has 14 heavy (non-hydrogen) atoms. The van der Waals surface area contributed by atoms with Crippen molar-refractivity contribution in [2.24, 2.45) is 0 Å². The van der Waals surface area contributed by atoms with Crippen molar-refractivity contribution in [3.8, 4) is 0 Å². The molecule has 2 N–H and O–H groups in total. The van der Waals surface area contributed by atoms with E-state index in [2.05, 4.69) is 39.0 Å². The molecule has 5 heteroatoms. The van der Waals surface area contributed by atoms with Gasteiger partial charge in [0.15, 0.2) is 5.16 Å². The van der Waals surface area contributed by atoms with Gasteiger partial charge in [0.2, 0.25) is 0 Å². The highest BCUT2D eigenvalue weighted by molar-refractivity contribution is 9.11. The molecule has 1 aromatic rings. The summed E-state index contributed by atoms with van der Waals surface area (Å²) >= 11 is 9.30. The number of hydrogen-bond acceptors (Lipinski definition) is 3. The van der Waals surface area contributed by atoms with Gasteiger partial charge in [0.05, 0.1) is 6.54 Å². The van der Waals surface area contributed by atoms with Gasteiger partial charge in [-0.05, 0) is 21.5 Å². The third-order valence-electron chi connectivity index (χ3n) is 1.90. The van der Waals surface area contributed by atoms with E-state index in [1.807, 2.05) is 23.2 Å². The van der Waals surface area contributed by atoms with Gasteiger partial charge in [0.1, 0.15) is 4.61 Å². The van der Waals surface area contributed by atoms with Crippen LogP contribution in [0.4, 0.5) is 0 Å². The molecular weight excluding hydrogens is 265 g/mol. The zero-order chi connectivity index (χ0) is 9.97. The Morgan fingerprint density at radius 2 is 2.00 bits per heavy atom. The van der Waals surface area contributed by atoms with Gasteiger partial charge in [-0.25, -0.2) is 0 Å². The van der Waals surface area contributed by atoms with E-state index in [1.165, 1.54) is 5.56 Å². The topological polar surface area (TPSA) is 27.3 Å². The predicted molar refractivity (Wildman–Crippen MR) is 60.1 cm³/mol. The monoisotopic (exact) mass is 273 g/mol. The average molecular weight is 275 g/mol. The molecule has 0 bridgehead atoms. The van der Waals surface area contributed by atoms with E-state index in [0.717, 1.165) is 11.2 Å². The molecule has 0 unspecified atom stereocenters. The first-order valence-corrected chi connectivity index (χ1v) is 5.33. The van der Waals surface area contributed by atoms with E-state index in [4.69, 9.17) is 11.6 Å². The summed E-state index contributed by atoms with van der Waals surface area (Å²) in [5, 5.41) is 2.45. The van der Waals surface area contributed by atoms with Gasteiger partial charge in [0.25, 0.3) is 0 Å². The maximum Gasteiger partial charge on any atom is 0.152 e. The van der Waals surface area contributed by atoms with Gasteiger partial charge >= 0.3 is 0 Å². The Morgan fingerprint density at radius 3 is 2.57 bits per heavy atom. The van der Waals surface area contributed by atoms with E-state index >= 15 is 0 Å². The van der Waals surface area contributed by atoms with Crippen LogP contribution >= 0.6 is 27.5 Å². The predicted octanol–water partition coefficient (Wildman–Crippen LogP) is 2.27. The molecule has 0 fully saturated rings. The number of nitrogens with one attached hydrogen (secondary N) is 2. The first-order valence-electron chi connectivity index (χ1n) is 4.16. The fourth-order valence-electron chi connectivity index (χ4n) is 1.21. The minimum absolute atomic E-state index is 0.633. The lowest BCUT2D eigenvalue weighted by atomic mass is 10.2. The molecule has 0 saturated carbocycles. The van der Waals surface area contributed by atoms with E-state index in [-0.39, 0.29) is 0 Å². The van der Waals surface area contributed by atoms with Crippen molar-refractivity contribution in [3.05, 3.63) is 45.7 Å². The van der Waals surface area contributed by atoms with Crippen LogP contribution in [-0.4, -0.2) is 5.01 Å². The van der Waals surface area contributed by atoms with Crippen LogP contribution in [0, 0.1) is 0 Å². The fraction of sp³-hybridized carbons (Fsp3) is 0.111. The second-order valence-electron chi connectivity index (χ2n) is 2.91. The highest BCUT2D eigenvalue weighted by atomic mass is 79.9. The summed E-state index contributed by atoms with van der Waals surface area (Å²) in [6, 6.07) is 10.1. The molecule has 3 nitrogen and oxygen atoms in total. The van der Waals surface area contributed by atoms with Gasteiger partial charge in [0, 0.05) is 0 Å². The van der Waals surface area contributed by atoms with Crippen LogP contribution in [0.1, 0.15) is 5.56 Å². The van der Waals surface area contributed by atoms with Gasteiger partial charge in [-0.3, -0.25) is 10.4 Å². The van der Waals surface area contributed by atoms with E-state index in [0.29, 0.717) is 5.16 Å². The second-order valence-corrected chi connectivity index (χ2v) is 4.06. The summed E-state index contributed by atoms with van der Waals surface area (Å²) < 4.78 is 0.759. The number of hydrogen-bond donors (Lipinski definition) is 2. The van der Waals surface area contributed by atoms with E-state index in [9.17, 15) is 0 Å². The molecular formula is C9H9BrClN3. The van der Waals surface area contributed by atoms with Crippen molar-refractivity contribution in [2.75, 3.05) is 0 Å². The molecule has 2 rings (SSSR count). The van der Waals surface area contributed by atoms with Crippen LogP contribution in [0.15, 0.2) is 40.1 Å². The number of nitrogens with zero attached hydrogens (tertiary/aromatic N) is 1. The highest BCUT2D eigenvalue weighted by Crippen LogP contribution is 2.21. The van der Waals surface area contributed by atoms with Crippen LogP contribution in [0.2, 0.25) is 0 Å². The quantitative estimate of drug-likeness (QED) is 0.810. The molecule has 0 saturated heterocycles. The van der Waals surface area contributed by atoms with Gasteiger partial charge in [-0.1, -0.05) is 41.9 Å². The van der Waals surface area contributed by atoms with Crippen LogP contribution in [0.25, 0.3) is 0 Å². The summed E-state index contributed by atoms with van der Waals surface area (Å²) in [7, 11) is 0. The summed E-state index contributed by atoms with van der Waals surface area (Å²) in [6.45, 7) is 0.724. The van der Waals surface area contributed by atoms with E-state index in [1.54, 1.807) is 0 Å². The number of halogens is 2. The molecule has 74 valence electrons. The summed E-state index contributed by atoms with van der Waals surface area (Å²) in [5.41, 5.74) is 7.01. The molecule has 0 aliphatic carbocycles. The SMILES string of the molecule is ClC1=C(Br)NNN1Cc1ccccc1. The standard InChI is InChI=1S/C9H9BrClN3/c10-8-9(11)14(13-12-8)6-7-4-2-1-3-5-7/h1-5,12-13H,6H2. The molecule has 1 heterocycles. The Labute approximate surface area is 95.8 Å². The first-order chi connectivity index (χ1) is 6.77. The van der Waals surface area contributed by atoms with Crippen molar-refractivity contribution in [3.63, 3.8) is 0 Å². The third kappa shape index (κ3) is 2.03. The minimum Gasteiger partial charge on any atom is -0.295 e. The van der Waals surface area contributed by atoms with Crippen molar-refractivity contribution in [1.29, 1.82) is 0 Å². The fourth-order valence-corrected chi connectivity index (χ4v) is 1.66. The zero-order valence-electron chi connectivity index (χ0n) is 7.30. The molecule has 1 aliphatic heterocycles. The molecule has 0 radical (unpaired) electrons. The largest absolute Gasteiger partial charge is 0.295 e. The minimum atomic E-state index is 0.633. The van der Waals surface area contributed by atoms with Crippen molar-refractivity contribution < 1.29 is 0 Å². The lowest BCUT2D eigenvalue weighted by Crippen LogP contribution is -2.36. The normalized spacial score (nSPS) is 16.0. The van der Waals surface area contributed by atoms with Gasteiger partial charge < -0.3 is 0 Å². The third-order valence-corrected chi connectivity index (χ3v) is 3.10. The molecule has 0 atom stereocenters.